The van der Waals surface area contributed by atoms with Crippen LogP contribution < -0.4 is 10.1 Å². The lowest BCUT2D eigenvalue weighted by molar-refractivity contribution is 0.373. The van der Waals surface area contributed by atoms with Crippen LogP contribution in [0.5, 0.6) is 11.5 Å². The number of methoxy groups -OCH3 is 1. The van der Waals surface area contributed by atoms with Crippen LogP contribution in [-0.2, 0) is 6.54 Å². The standard InChI is InChI=1S/C16H18ClNO2/c1-10-4-5-11(2)14(6-10)18-9-12-7-13(17)16(19)15(8-12)20-3/h4-8,18-19H,9H2,1-3H3. The Labute approximate surface area is 124 Å². The first-order valence-corrected chi connectivity index (χ1v) is 6.75. The summed E-state index contributed by atoms with van der Waals surface area (Å²) in [5.41, 5.74) is 4.44. The Morgan fingerprint density at radius 3 is 2.65 bits per heavy atom. The smallest absolute Gasteiger partial charge is 0.176 e. The zero-order valence-corrected chi connectivity index (χ0v) is 12.6. The van der Waals surface area contributed by atoms with Crippen molar-refractivity contribution in [2.75, 3.05) is 12.4 Å². The predicted octanol–water partition coefficient (Wildman–Crippen LogP) is 4.28. The molecule has 0 amide bonds. The van der Waals surface area contributed by atoms with Gasteiger partial charge in [-0.05, 0) is 48.7 Å². The van der Waals surface area contributed by atoms with Gasteiger partial charge in [0.05, 0.1) is 12.1 Å². The highest BCUT2D eigenvalue weighted by atomic mass is 35.5. The number of phenolic OH excluding ortho intramolecular Hbond substituents is 1. The summed E-state index contributed by atoms with van der Waals surface area (Å²) in [6.45, 7) is 4.73. The highest BCUT2D eigenvalue weighted by Gasteiger charge is 2.09. The minimum absolute atomic E-state index is 0.0235. The number of hydrogen-bond acceptors (Lipinski definition) is 3. The van der Waals surface area contributed by atoms with Crippen molar-refractivity contribution in [3.8, 4) is 11.5 Å². The zero-order chi connectivity index (χ0) is 14.7. The second-order valence-electron chi connectivity index (χ2n) is 4.80. The summed E-state index contributed by atoms with van der Waals surface area (Å²) in [4.78, 5) is 0. The quantitative estimate of drug-likeness (QED) is 0.883. The third kappa shape index (κ3) is 3.17. The maximum absolute atomic E-state index is 9.71. The fraction of sp³-hybridized carbons (Fsp3) is 0.250. The normalized spacial score (nSPS) is 10.4. The van der Waals surface area contributed by atoms with Crippen LogP contribution in [0.15, 0.2) is 30.3 Å². The van der Waals surface area contributed by atoms with Gasteiger partial charge < -0.3 is 15.2 Å². The number of anilines is 1. The third-order valence-corrected chi connectivity index (χ3v) is 3.47. The molecule has 0 atom stereocenters. The number of benzene rings is 2. The lowest BCUT2D eigenvalue weighted by atomic mass is 10.1. The molecule has 0 aliphatic heterocycles. The molecule has 0 aromatic heterocycles. The van der Waals surface area contributed by atoms with E-state index in [0.717, 1.165) is 11.3 Å². The van der Waals surface area contributed by atoms with Crippen molar-refractivity contribution < 1.29 is 9.84 Å². The van der Waals surface area contributed by atoms with Crippen LogP contribution in [-0.4, -0.2) is 12.2 Å². The Balaban J connectivity index is 2.19. The Morgan fingerprint density at radius 1 is 1.20 bits per heavy atom. The lowest BCUT2D eigenvalue weighted by Crippen LogP contribution is -2.02. The summed E-state index contributed by atoms with van der Waals surface area (Å²) in [5.74, 6) is 0.361. The average molecular weight is 292 g/mol. The summed E-state index contributed by atoms with van der Waals surface area (Å²) >= 11 is 5.98. The number of phenols is 1. The molecule has 0 heterocycles. The molecule has 20 heavy (non-hydrogen) atoms. The van der Waals surface area contributed by atoms with E-state index >= 15 is 0 Å². The molecule has 0 fully saturated rings. The van der Waals surface area contributed by atoms with Crippen LogP contribution in [0, 0.1) is 13.8 Å². The summed E-state index contributed by atoms with van der Waals surface area (Å²) in [5, 5.41) is 13.4. The number of hydrogen-bond donors (Lipinski definition) is 2. The van der Waals surface area contributed by atoms with Crippen molar-refractivity contribution in [2.24, 2.45) is 0 Å². The Morgan fingerprint density at radius 2 is 1.95 bits per heavy atom. The van der Waals surface area contributed by atoms with Gasteiger partial charge in [0.2, 0.25) is 0 Å². The SMILES string of the molecule is COc1cc(CNc2cc(C)ccc2C)cc(Cl)c1O. The summed E-state index contributed by atoms with van der Waals surface area (Å²) in [6.07, 6.45) is 0. The van der Waals surface area contributed by atoms with Gasteiger partial charge in [0, 0.05) is 12.2 Å². The highest BCUT2D eigenvalue weighted by molar-refractivity contribution is 6.32. The molecule has 0 saturated carbocycles. The summed E-state index contributed by atoms with van der Waals surface area (Å²) in [7, 11) is 1.51. The van der Waals surface area contributed by atoms with Gasteiger partial charge in [-0.2, -0.15) is 0 Å². The molecule has 0 aliphatic carbocycles. The maximum atomic E-state index is 9.71. The number of rotatable bonds is 4. The molecule has 0 spiro atoms. The first kappa shape index (κ1) is 14.5. The molecule has 2 N–H and O–H groups in total. The lowest BCUT2D eigenvalue weighted by Gasteiger charge is -2.12. The average Bonchev–Trinajstić information content (AvgIpc) is 2.43. The van der Waals surface area contributed by atoms with Gasteiger partial charge in [0.15, 0.2) is 11.5 Å². The van der Waals surface area contributed by atoms with Crippen molar-refractivity contribution >= 4 is 17.3 Å². The first-order chi connectivity index (χ1) is 9.51. The van der Waals surface area contributed by atoms with E-state index in [0.29, 0.717) is 17.3 Å². The molecular formula is C16H18ClNO2. The monoisotopic (exact) mass is 291 g/mol. The molecular weight excluding hydrogens is 274 g/mol. The van der Waals surface area contributed by atoms with Crippen LogP contribution in [0.2, 0.25) is 5.02 Å². The molecule has 4 heteroatoms. The Bertz CT molecular complexity index is 626. The van der Waals surface area contributed by atoms with Gasteiger partial charge in [-0.3, -0.25) is 0 Å². The number of aromatic hydroxyl groups is 1. The molecule has 2 aromatic carbocycles. The van der Waals surface area contributed by atoms with Gasteiger partial charge in [-0.1, -0.05) is 23.7 Å². The summed E-state index contributed by atoms with van der Waals surface area (Å²) < 4.78 is 5.10. The summed E-state index contributed by atoms with van der Waals surface area (Å²) in [6, 6.07) is 9.79. The van der Waals surface area contributed by atoms with Crippen molar-refractivity contribution in [2.45, 2.75) is 20.4 Å². The molecule has 0 bridgehead atoms. The van der Waals surface area contributed by atoms with E-state index in [2.05, 4.69) is 37.4 Å². The predicted molar refractivity (Wildman–Crippen MR) is 82.9 cm³/mol. The Kier molecular flexibility index (Phi) is 4.40. The van der Waals surface area contributed by atoms with Gasteiger partial charge in [-0.15, -0.1) is 0 Å². The number of aryl methyl sites for hydroxylation is 2. The van der Waals surface area contributed by atoms with Crippen molar-refractivity contribution in [1.82, 2.24) is 0 Å². The van der Waals surface area contributed by atoms with E-state index < -0.39 is 0 Å². The third-order valence-electron chi connectivity index (χ3n) is 3.18. The molecule has 2 aromatic rings. The zero-order valence-electron chi connectivity index (χ0n) is 11.8. The minimum atomic E-state index is -0.0235. The fourth-order valence-corrected chi connectivity index (χ4v) is 2.24. The van der Waals surface area contributed by atoms with Crippen molar-refractivity contribution in [1.29, 1.82) is 0 Å². The minimum Gasteiger partial charge on any atom is -0.503 e. The maximum Gasteiger partial charge on any atom is 0.176 e. The van der Waals surface area contributed by atoms with Crippen molar-refractivity contribution in [3.05, 3.63) is 52.0 Å². The highest BCUT2D eigenvalue weighted by Crippen LogP contribution is 2.35. The van der Waals surface area contributed by atoms with Gasteiger partial charge in [0.25, 0.3) is 0 Å². The van der Waals surface area contributed by atoms with Crippen molar-refractivity contribution in [3.63, 3.8) is 0 Å². The molecule has 2 rings (SSSR count). The van der Waals surface area contributed by atoms with Gasteiger partial charge >= 0.3 is 0 Å². The van der Waals surface area contributed by atoms with Crippen LogP contribution in [0.1, 0.15) is 16.7 Å². The molecule has 106 valence electrons. The van der Waals surface area contributed by atoms with E-state index in [4.69, 9.17) is 16.3 Å². The fourth-order valence-electron chi connectivity index (χ4n) is 2.01. The molecule has 0 saturated heterocycles. The largest absolute Gasteiger partial charge is 0.503 e. The van der Waals surface area contributed by atoms with Crippen LogP contribution >= 0.6 is 11.6 Å². The number of ether oxygens (including phenoxy) is 1. The molecule has 0 unspecified atom stereocenters. The van der Waals surface area contributed by atoms with Gasteiger partial charge in [0.1, 0.15) is 0 Å². The van der Waals surface area contributed by atoms with Crippen LogP contribution in [0.3, 0.4) is 0 Å². The van der Waals surface area contributed by atoms with E-state index in [-0.39, 0.29) is 5.75 Å². The number of nitrogens with one attached hydrogen (secondary N) is 1. The van der Waals surface area contributed by atoms with Crippen LogP contribution in [0.4, 0.5) is 5.69 Å². The van der Waals surface area contributed by atoms with Crippen LogP contribution in [0.25, 0.3) is 0 Å². The second-order valence-corrected chi connectivity index (χ2v) is 5.21. The van der Waals surface area contributed by atoms with E-state index in [1.54, 1.807) is 12.1 Å². The van der Waals surface area contributed by atoms with E-state index in [9.17, 15) is 5.11 Å². The number of halogens is 1. The van der Waals surface area contributed by atoms with Gasteiger partial charge in [-0.25, -0.2) is 0 Å². The molecule has 3 nitrogen and oxygen atoms in total. The van der Waals surface area contributed by atoms with E-state index in [1.807, 2.05) is 0 Å². The molecule has 0 aliphatic rings. The molecule has 0 radical (unpaired) electrons. The first-order valence-electron chi connectivity index (χ1n) is 6.37. The Hall–Kier alpha value is -1.87. The van der Waals surface area contributed by atoms with E-state index in [1.165, 1.54) is 18.2 Å². The second kappa shape index (κ2) is 6.06. The topological polar surface area (TPSA) is 41.5 Å².